The average molecular weight is 385 g/mol. The van der Waals surface area contributed by atoms with E-state index in [1.54, 1.807) is 16.6 Å². The van der Waals surface area contributed by atoms with Crippen molar-refractivity contribution in [2.75, 3.05) is 23.3 Å². The average Bonchev–Trinajstić information content (AvgIpc) is 3.12. The molecular formula is C19H21ClN6O. The van der Waals surface area contributed by atoms with Crippen LogP contribution in [-0.2, 0) is 4.79 Å². The zero-order valence-electron chi connectivity index (χ0n) is 15.3. The summed E-state index contributed by atoms with van der Waals surface area (Å²) in [5.41, 5.74) is 2.82. The topological polar surface area (TPSA) is 75.4 Å². The van der Waals surface area contributed by atoms with E-state index in [4.69, 9.17) is 11.6 Å². The van der Waals surface area contributed by atoms with Crippen LogP contribution in [0.2, 0.25) is 5.02 Å². The fraction of sp³-hybridized carbons (Fsp3) is 0.368. The van der Waals surface area contributed by atoms with Crippen molar-refractivity contribution in [3.63, 3.8) is 0 Å². The summed E-state index contributed by atoms with van der Waals surface area (Å²) in [5, 5.41) is 7.97. The molecule has 0 saturated carbocycles. The first-order valence-electron chi connectivity index (χ1n) is 9.01. The van der Waals surface area contributed by atoms with Gasteiger partial charge in [0.25, 0.3) is 5.78 Å². The third kappa shape index (κ3) is 3.47. The lowest BCUT2D eigenvalue weighted by molar-refractivity contribution is -0.120. The number of hydrogen-bond donors (Lipinski definition) is 1. The molecule has 3 aromatic rings. The number of carbonyl (C=O) groups is 1. The molecule has 8 heteroatoms. The van der Waals surface area contributed by atoms with E-state index in [0.717, 1.165) is 48.7 Å². The van der Waals surface area contributed by atoms with Gasteiger partial charge in [0, 0.05) is 41.0 Å². The molecule has 1 aromatic carbocycles. The molecule has 1 saturated heterocycles. The number of aryl methyl sites for hydroxylation is 1. The van der Waals surface area contributed by atoms with Crippen LogP contribution in [0.25, 0.3) is 5.78 Å². The quantitative estimate of drug-likeness (QED) is 0.750. The summed E-state index contributed by atoms with van der Waals surface area (Å²) in [5.74, 6) is 1.68. The van der Waals surface area contributed by atoms with Gasteiger partial charge in [-0.25, -0.2) is 4.98 Å². The SMILES string of the molecule is Cc1nc2ncnn2c(N2CCC(C(=O)Nc3ccc(Cl)cc3)CC2)c1C. The number of carbonyl (C=O) groups excluding carboxylic acids is 1. The van der Waals surface area contributed by atoms with Gasteiger partial charge in [-0.2, -0.15) is 14.6 Å². The molecule has 0 bridgehead atoms. The molecule has 1 fully saturated rings. The predicted molar refractivity (Wildman–Crippen MR) is 105 cm³/mol. The van der Waals surface area contributed by atoms with Gasteiger partial charge in [0.2, 0.25) is 5.91 Å². The molecule has 1 amide bonds. The lowest BCUT2D eigenvalue weighted by Gasteiger charge is -2.33. The molecule has 1 N–H and O–H groups in total. The normalized spacial score (nSPS) is 15.3. The maximum Gasteiger partial charge on any atom is 0.254 e. The number of halogens is 1. The van der Waals surface area contributed by atoms with E-state index in [1.165, 1.54) is 6.33 Å². The molecule has 3 heterocycles. The third-order valence-electron chi connectivity index (χ3n) is 5.15. The minimum atomic E-state index is -0.00796. The second-order valence-corrected chi connectivity index (χ2v) is 7.31. The Labute approximate surface area is 162 Å². The van der Waals surface area contributed by atoms with Crippen LogP contribution in [0.1, 0.15) is 24.1 Å². The number of fused-ring (bicyclic) bond motifs is 1. The largest absolute Gasteiger partial charge is 0.356 e. The smallest absolute Gasteiger partial charge is 0.254 e. The van der Waals surface area contributed by atoms with Crippen LogP contribution in [0.15, 0.2) is 30.6 Å². The monoisotopic (exact) mass is 384 g/mol. The molecule has 0 atom stereocenters. The van der Waals surface area contributed by atoms with Crippen LogP contribution in [0, 0.1) is 19.8 Å². The van der Waals surface area contributed by atoms with Gasteiger partial charge in [0.1, 0.15) is 12.1 Å². The number of benzene rings is 1. The molecular weight excluding hydrogens is 364 g/mol. The lowest BCUT2D eigenvalue weighted by Crippen LogP contribution is -2.39. The standard InChI is InChI=1S/C19H21ClN6O/c1-12-13(2)23-19-21-11-22-26(19)18(12)25-9-7-14(8-10-25)17(27)24-16-5-3-15(20)4-6-16/h3-6,11,14H,7-10H2,1-2H3,(H,24,27). The second-order valence-electron chi connectivity index (χ2n) is 6.88. The van der Waals surface area contributed by atoms with Crippen molar-refractivity contribution in [2.24, 2.45) is 5.92 Å². The molecule has 27 heavy (non-hydrogen) atoms. The number of hydrogen-bond acceptors (Lipinski definition) is 5. The summed E-state index contributed by atoms with van der Waals surface area (Å²) in [4.78, 5) is 23.6. The Balaban J connectivity index is 1.46. The van der Waals surface area contributed by atoms with Gasteiger partial charge in [-0.1, -0.05) is 11.6 Å². The molecule has 140 valence electrons. The fourth-order valence-electron chi connectivity index (χ4n) is 3.52. The van der Waals surface area contributed by atoms with Crippen LogP contribution in [0.5, 0.6) is 0 Å². The van der Waals surface area contributed by atoms with E-state index in [1.807, 2.05) is 19.1 Å². The van der Waals surface area contributed by atoms with Gasteiger partial charge < -0.3 is 10.2 Å². The number of rotatable bonds is 3. The Bertz CT molecular complexity index is 976. The zero-order valence-corrected chi connectivity index (χ0v) is 16.1. The Kier molecular flexibility index (Phi) is 4.70. The first kappa shape index (κ1) is 17.7. The Hall–Kier alpha value is -2.67. The summed E-state index contributed by atoms with van der Waals surface area (Å²) < 4.78 is 1.79. The second kappa shape index (κ2) is 7.15. The highest BCUT2D eigenvalue weighted by atomic mass is 35.5. The van der Waals surface area contributed by atoms with Crippen LogP contribution < -0.4 is 10.2 Å². The van der Waals surface area contributed by atoms with Crippen molar-refractivity contribution < 1.29 is 4.79 Å². The van der Waals surface area contributed by atoms with E-state index < -0.39 is 0 Å². The molecule has 0 spiro atoms. The first-order valence-corrected chi connectivity index (χ1v) is 9.39. The fourth-order valence-corrected chi connectivity index (χ4v) is 3.64. The molecule has 0 unspecified atom stereocenters. The molecule has 2 aromatic heterocycles. The van der Waals surface area contributed by atoms with Gasteiger partial charge in [0.05, 0.1) is 0 Å². The number of amides is 1. The highest BCUT2D eigenvalue weighted by molar-refractivity contribution is 6.30. The highest BCUT2D eigenvalue weighted by Crippen LogP contribution is 2.28. The van der Waals surface area contributed by atoms with Gasteiger partial charge in [-0.05, 0) is 51.0 Å². The Morgan fingerprint density at radius 2 is 1.89 bits per heavy atom. The summed E-state index contributed by atoms with van der Waals surface area (Å²) in [6.45, 7) is 5.62. The minimum absolute atomic E-state index is 0.00796. The van der Waals surface area contributed by atoms with Crippen LogP contribution in [-0.4, -0.2) is 38.6 Å². The molecule has 0 aliphatic carbocycles. The molecule has 0 radical (unpaired) electrons. The van der Waals surface area contributed by atoms with E-state index in [0.29, 0.717) is 10.8 Å². The van der Waals surface area contributed by atoms with Crippen molar-refractivity contribution in [1.29, 1.82) is 0 Å². The molecule has 1 aliphatic heterocycles. The van der Waals surface area contributed by atoms with Crippen LogP contribution in [0.3, 0.4) is 0 Å². The van der Waals surface area contributed by atoms with Crippen molar-refractivity contribution >= 4 is 34.8 Å². The predicted octanol–water partition coefficient (Wildman–Crippen LogP) is 3.25. The number of piperidine rings is 1. The molecule has 1 aliphatic rings. The Morgan fingerprint density at radius 1 is 1.19 bits per heavy atom. The highest BCUT2D eigenvalue weighted by Gasteiger charge is 2.27. The molecule has 7 nitrogen and oxygen atoms in total. The summed E-state index contributed by atoms with van der Waals surface area (Å²) >= 11 is 5.89. The van der Waals surface area contributed by atoms with Crippen molar-refractivity contribution in [3.05, 3.63) is 46.9 Å². The number of nitrogens with zero attached hydrogens (tertiary/aromatic N) is 5. The Morgan fingerprint density at radius 3 is 2.59 bits per heavy atom. The summed E-state index contributed by atoms with van der Waals surface area (Å²) in [6, 6.07) is 7.19. The number of anilines is 2. The van der Waals surface area contributed by atoms with Gasteiger partial charge in [-0.15, -0.1) is 0 Å². The number of nitrogens with one attached hydrogen (secondary N) is 1. The maximum atomic E-state index is 12.6. The number of aromatic nitrogens is 4. The van der Waals surface area contributed by atoms with Crippen LogP contribution >= 0.6 is 11.6 Å². The van der Waals surface area contributed by atoms with Crippen molar-refractivity contribution in [2.45, 2.75) is 26.7 Å². The lowest BCUT2D eigenvalue weighted by atomic mass is 9.95. The van der Waals surface area contributed by atoms with Crippen molar-refractivity contribution in [3.8, 4) is 0 Å². The molecule has 4 rings (SSSR count). The minimum Gasteiger partial charge on any atom is -0.356 e. The first-order chi connectivity index (χ1) is 13.0. The van der Waals surface area contributed by atoms with E-state index in [-0.39, 0.29) is 11.8 Å². The maximum absolute atomic E-state index is 12.6. The van der Waals surface area contributed by atoms with Crippen LogP contribution in [0.4, 0.5) is 11.5 Å². The summed E-state index contributed by atoms with van der Waals surface area (Å²) in [6.07, 6.45) is 3.10. The van der Waals surface area contributed by atoms with E-state index in [9.17, 15) is 4.79 Å². The van der Waals surface area contributed by atoms with E-state index in [2.05, 4.69) is 32.2 Å². The van der Waals surface area contributed by atoms with Gasteiger partial charge in [-0.3, -0.25) is 4.79 Å². The third-order valence-corrected chi connectivity index (χ3v) is 5.41. The van der Waals surface area contributed by atoms with Gasteiger partial charge >= 0.3 is 0 Å². The van der Waals surface area contributed by atoms with Crippen molar-refractivity contribution in [1.82, 2.24) is 19.6 Å². The van der Waals surface area contributed by atoms with E-state index >= 15 is 0 Å². The summed E-state index contributed by atoms with van der Waals surface area (Å²) in [7, 11) is 0. The van der Waals surface area contributed by atoms with Gasteiger partial charge in [0.15, 0.2) is 0 Å². The zero-order chi connectivity index (χ0) is 19.0.